The Morgan fingerprint density at radius 2 is 2.31 bits per heavy atom. The van der Waals surface area contributed by atoms with E-state index in [1.807, 2.05) is 6.92 Å². The van der Waals surface area contributed by atoms with E-state index in [1.165, 1.54) is 25.7 Å². The Labute approximate surface area is 95.8 Å². The predicted molar refractivity (Wildman–Crippen MR) is 60.8 cm³/mol. The Balaban J connectivity index is 1.98. The zero-order chi connectivity index (χ0) is 11.4. The Hall–Kier alpha value is -1.34. The van der Waals surface area contributed by atoms with Crippen molar-refractivity contribution in [3.63, 3.8) is 0 Å². The van der Waals surface area contributed by atoms with Gasteiger partial charge in [0.25, 0.3) is 0 Å². The maximum Gasteiger partial charge on any atom is 0.243 e. The van der Waals surface area contributed by atoms with Gasteiger partial charge in [-0.3, -0.25) is 5.32 Å². The molecule has 86 valence electrons. The summed E-state index contributed by atoms with van der Waals surface area (Å²) in [7, 11) is 0. The molecule has 0 saturated heterocycles. The molecule has 1 aromatic rings. The van der Waals surface area contributed by atoms with Gasteiger partial charge in [0, 0.05) is 5.92 Å². The molecule has 0 bridgehead atoms. The molecule has 0 amide bonds. The van der Waals surface area contributed by atoms with Crippen molar-refractivity contribution in [1.29, 1.82) is 0 Å². The molecule has 0 aromatic carbocycles. The minimum Gasteiger partial charge on any atom is -0.338 e. The Morgan fingerprint density at radius 3 is 3.00 bits per heavy atom. The van der Waals surface area contributed by atoms with Crippen LogP contribution in [0.4, 0.5) is 0 Å². The number of aromatic nitrogens is 2. The summed E-state index contributed by atoms with van der Waals surface area (Å²) in [6.07, 6.45) is 10.1. The minimum atomic E-state index is 0.0266. The molecule has 1 aromatic heterocycles. The molecule has 1 heterocycles. The second-order valence-corrected chi connectivity index (χ2v) is 4.28. The van der Waals surface area contributed by atoms with E-state index >= 15 is 0 Å². The average molecular weight is 219 g/mol. The van der Waals surface area contributed by atoms with Crippen molar-refractivity contribution < 1.29 is 4.52 Å². The molecule has 16 heavy (non-hydrogen) atoms. The highest BCUT2D eigenvalue weighted by Crippen LogP contribution is 2.32. The monoisotopic (exact) mass is 219 g/mol. The van der Waals surface area contributed by atoms with Crippen molar-refractivity contribution in [2.75, 3.05) is 6.54 Å². The molecule has 0 spiro atoms. The van der Waals surface area contributed by atoms with Crippen LogP contribution in [0.5, 0.6) is 0 Å². The molecule has 1 aliphatic carbocycles. The summed E-state index contributed by atoms with van der Waals surface area (Å²) in [5.74, 6) is 4.53. The molecular weight excluding hydrogens is 202 g/mol. The fourth-order valence-electron chi connectivity index (χ4n) is 2.07. The first-order valence-corrected chi connectivity index (χ1v) is 5.81. The van der Waals surface area contributed by atoms with Gasteiger partial charge in [-0.25, -0.2) is 0 Å². The number of rotatable bonds is 4. The van der Waals surface area contributed by atoms with Crippen LogP contribution in [-0.4, -0.2) is 16.7 Å². The second-order valence-electron chi connectivity index (χ2n) is 4.28. The third kappa shape index (κ3) is 2.42. The molecule has 1 saturated carbocycles. The largest absolute Gasteiger partial charge is 0.338 e. The summed E-state index contributed by atoms with van der Waals surface area (Å²) in [5.41, 5.74) is 0. The van der Waals surface area contributed by atoms with E-state index in [9.17, 15) is 0 Å². The quantitative estimate of drug-likeness (QED) is 0.787. The molecule has 2 rings (SSSR count). The minimum absolute atomic E-state index is 0.0266. The number of hydrogen-bond acceptors (Lipinski definition) is 4. The van der Waals surface area contributed by atoms with Crippen molar-refractivity contribution in [1.82, 2.24) is 15.5 Å². The molecule has 1 atom stereocenters. The van der Waals surface area contributed by atoms with Crippen LogP contribution in [-0.2, 0) is 0 Å². The van der Waals surface area contributed by atoms with Gasteiger partial charge in [0.15, 0.2) is 5.82 Å². The van der Waals surface area contributed by atoms with Crippen molar-refractivity contribution in [3.8, 4) is 12.3 Å². The van der Waals surface area contributed by atoms with Crippen molar-refractivity contribution >= 4 is 0 Å². The zero-order valence-electron chi connectivity index (χ0n) is 9.57. The lowest BCUT2D eigenvalue weighted by molar-refractivity contribution is 0.338. The van der Waals surface area contributed by atoms with E-state index in [4.69, 9.17) is 10.9 Å². The zero-order valence-corrected chi connectivity index (χ0v) is 9.57. The number of terminal acetylenes is 1. The van der Waals surface area contributed by atoms with Gasteiger partial charge in [-0.15, -0.1) is 6.42 Å². The first-order valence-electron chi connectivity index (χ1n) is 5.81. The van der Waals surface area contributed by atoms with Gasteiger partial charge in [-0.2, -0.15) is 4.98 Å². The summed E-state index contributed by atoms with van der Waals surface area (Å²) in [6, 6.07) is 0.0266. The van der Waals surface area contributed by atoms with E-state index in [0.717, 1.165) is 5.82 Å². The van der Waals surface area contributed by atoms with Gasteiger partial charge in [-0.05, 0) is 19.8 Å². The summed E-state index contributed by atoms with van der Waals surface area (Å²) in [4.78, 5) is 4.44. The number of hydrogen-bond donors (Lipinski definition) is 1. The lowest BCUT2D eigenvalue weighted by atomic mass is 10.1. The van der Waals surface area contributed by atoms with E-state index in [1.54, 1.807) is 0 Å². The molecule has 4 nitrogen and oxygen atoms in total. The number of nitrogens with one attached hydrogen (secondary N) is 1. The third-order valence-electron chi connectivity index (χ3n) is 3.06. The van der Waals surface area contributed by atoms with Crippen LogP contribution in [0.3, 0.4) is 0 Å². The fraction of sp³-hybridized carbons (Fsp3) is 0.667. The first kappa shape index (κ1) is 11.2. The average Bonchev–Trinajstić information content (AvgIpc) is 2.94. The van der Waals surface area contributed by atoms with Gasteiger partial charge in [0.2, 0.25) is 5.89 Å². The highest BCUT2D eigenvalue weighted by atomic mass is 16.5. The van der Waals surface area contributed by atoms with E-state index < -0.39 is 0 Å². The van der Waals surface area contributed by atoms with Gasteiger partial charge < -0.3 is 4.52 Å². The topological polar surface area (TPSA) is 51.0 Å². The normalized spacial score (nSPS) is 18.5. The fourth-order valence-corrected chi connectivity index (χ4v) is 2.07. The Bertz CT molecular complexity index is 374. The van der Waals surface area contributed by atoms with E-state index in [0.29, 0.717) is 18.4 Å². The Kier molecular flexibility index (Phi) is 3.58. The maximum absolute atomic E-state index is 5.24. The number of nitrogens with zero attached hydrogens (tertiary/aromatic N) is 2. The lowest BCUT2D eigenvalue weighted by Crippen LogP contribution is -2.19. The Morgan fingerprint density at radius 1 is 1.56 bits per heavy atom. The predicted octanol–water partition coefficient (Wildman–Crippen LogP) is 2.01. The van der Waals surface area contributed by atoms with Crippen LogP contribution in [0.15, 0.2) is 4.52 Å². The van der Waals surface area contributed by atoms with Gasteiger partial charge >= 0.3 is 0 Å². The molecule has 1 N–H and O–H groups in total. The van der Waals surface area contributed by atoms with Crippen LogP contribution in [0.1, 0.15) is 56.3 Å². The van der Waals surface area contributed by atoms with Crippen LogP contribution in [0, 0.1) is 12.3 Å². The summed E-state index contributed by atoms with van der Waals surface area (Å²) >= 11 is 0. The standard InChI is InChI=1S/C12H17N3O/c1-3-8-13-9(2)12-14-11(15-16-12)10-6-4-5-7-10/h1,9-10,13H,4-8H2,2H3/t9-/m0/s1. The maximum atomic E-state index is 5.24. The molecule has 1 fully saturated rings. The molecule has 4 heteroatoms. The molecular formula is C12H17N3O. The SMILES string of the molecule is C#CCN[C@@H](C)c1nc(C2CCCC2)no1. The van der Waals surface area contributed by atoms with Crippen molar-refractivity contribution in [3.05, 3.63) is 11.7 Å². The first-order chi connectivity index (χ1) is 7.81. The molecule has 0 aliphatic heterocycles. The van der Waals surface area contributed by atoms with E-state index in [-0.39, 0.29) is 6.04 Å². The summed E-state index contributed by atoms with van der Waals surface area (Å²) in [5, 5.41) is 7.17. The van der Waals surface area contributed by atoms with Crippen LogP contribution < -0.4 is 5.32 Å². The van der Waals surface area contributed by atoms with Crippen LogP contribution in [0.2, 0.25) is 0 Å². The molecule has 0 unspecified atom stereocenters. The smallest absolute Gasteiger partial charge is 0.243 e. The molecule has 1 aliphatic rings. The lowest BCUT2D eigenvalue weighted by Gasteiger charge is -2.05. The van der Waals surface area contributed by atoms with Crippen molar-refractivity contribution in [2.24, 2.45) is 0 Å². The van der Waals surface area contributed by atoms with E-state index in [2.05, 4.69) is 21.4 Å². The van der Waals surface area contributed by atoms with Crippen LogP contribution >= 0.6 is 0 Å². The summed E-state index contributed by atoms with van der Waals surface area (Å²) < 4.78 is 5.24. The van der Waals surface area contributed by atoms with Gasteiger partial charge in [-0.1, -0.05) is 23.9 Å². The second kappa shape index (κ2) is 5.13. The van der Waals surface area contributed by atoms with Gasteiger partial charge in [0.05, 0.1) is 12.6 Å². The highest BCUT2D eigenvalue weighted by molar-refractivity contribution is 5.00. The van der Waals surface area contributed by atoms with Gasteiger partial charge in [0.1, 0.15) is 0 Å². The van der Waals surface area contributed by atoms with Crippen LogP contribution in [0.25, 0.3) is 0 Å². The van der Waals surface area contributed by atoms with Crippen molar-refractivity contribution in [2.45, 2.75) is 44.6 Å². The summed E-state index contributed by atoms with van der Waals surface area (Å²) in [6.45, 7) is 2.49. The highest BCUT2D eigenvalue weighted by Gasteiger charge is 2.23. The third-order valence-corrected chi connectivity index (χ3v) is 3.06. The molecule has 0 radical (unpaired) electrons.